The zero-order valence-electron chi connectivity index (χ0n) is 6.02. The van der Waals surface area contributed by atoms with Gasteiger partial charge in [-0.05, 0) is 5.57 Å². The highest BCUT2D eigenvalue weighted by Gasteiger charge is 2.24. The van der Waals surface area contributed by atoms with E-state index in [4.69, 9.17) is 0 Å². The predicted octanol–water partition coefficient (Wildman–Crippen LogP) is 0.0775. The summed E-state index contributed by atoms with van der Waals surface area (Å²) in [6.07, 6.45) is 0.341. The van der Waals surface area contributed by atoms with Crippen LogP contribution in [0.5, 0.6) is 0 Å². The maximum atomic E-state index is 10.6. The molecule has 3 nitrogen and oxygen atoms in total. The lowest BCUT2D eigenvalue weighted by Crippen LogP contribution is -2.05. The number of nitrogens with one attached hydrogen (secondary N) is 1. The Kier molecular flexibility index (Phi) is 2.06. The predicted molar refractivity (Wildman–Crippen MR) is 37.6 cm³/mol. The SMILES string of the molecule is C=C(CC(=O)OC)C1CN1. The lowest BCUT2D eigenvalue weighted by atomic mass is 10.1. The van der Waals surface area contributed by atoms with Crippen molar-refractivity contribution >= 4 is 5.97 Å². The molecule has 0 aromatic carbocycles. The van der Waals surface area contributed by atoms with Crippen molar-refractivity contribution in [2.45, 2.75) is 12.5 Å². The van der Waals surface area contributed by atoms with E-state index in [0.29, 0.717) is 12.5 Å². The molecule has 10 heavy (non-hydrogen) atoms. The molecule has 0 aliphatic carbocycles. The molecule has 1 aliphatic rings. The maximum Gasteiger partial charge on any atom is 0.309 e. The molecule has 3 heteroatoms. The molecule has 1 unspecified atom stereocenters. The van der Waals surface area contributed by atoms with Gasteiger partial charge in [-0.25, -0.2) is 0 Å². The van der Waals surface area contributed by atoms with Crippen LogP contribution in [0.1, 0.15) is 6.42 Å². The van der Waals surface area contributed by atoms with Crippen LogP contribution in [-0.4, -0.2) is 25.7 Å². The van der Waals surface area contributed by atoms with Gasteiger partial charge in [-0.3, -0.25) is 4.79 Å². The summed E-state index contributed by atoms with van der Waals surface area (Å²) >= 11 is 0. The number of hydrogen-bond donors (Lipinski definition) is 1. The third kappa shape index (κ3) is 1.84. The Hall–Kier alpha value is -0.830. The lowest BCUT2D eigenvalue weighted by molar-refractivity contribution is -0.139. The number of ether oxygens (including phenoxy) is 1. The summed E-state index contributed by atoms with van der Waals surface area (Å²) in [7, 11) is 1.38. The molecular weight excluding hydrogens is 130 g/mol. The summed E-state index contributed by atoms with van der Waals surface area (Å²) in [6, 6.07) is 0.360. The van der Waals surface area contributed by atoms with E-state index in [9.17, 15) is 4.79 Å². The van der Waals surface area contributed by atoms with Crippen LogP contribution in [0.25, 0.3) is 0 Å². The molecule has 1 N–H and O–H groups in total. The highest BCUT2D eigenvalue weighted by Crippen LogP contribution is 2.12. The van der Waals surface area contributed by atoms with E-state index in [2.05, 4.69) is 16.6 Å². The van der Waals surface area contributed by atoms with Crippen molar-refractivity contribution in [1.82, 2.24) is 5.32 Å². The molecule has 1 rings (SSSR count). The van der Waals surface area contributed by atoms with Gasteiger partial charge in [0.2, 0.25) is 0 Å². The molecule has 1 aliphatic heterocycles. The average molecular weight is 141 g/mol. The monoisotopic (exact) mass is 141 g/mol. The minimum Gasteiger partial charge on any atom is -0.469 e. The van der Waals surface area contributed by atoms with Crippen molar-refractivity contribution in [3.8, 4) is 0 Å². The Balaban J connectivity index is 2.23. The topological polar surface area (TPSA) is 48.2 Å². The number of rotatable bonds is 3. The first kappa shape index (κ1) is 7.28. The summed E-state index contributed by atoms with van der Waals surface area (Å²) < 4.78 is 4.47. The van der Waals surface area contributed by atoms with Crippen molar-refractivity contribution < 1.29 is 9.53 Å². The van der Waals surface area contributed by atoms with Crippen LogP contribution in [0.3, 0.4) is 0 Å². The zero-order chi connectivity index (χ0) is 7.56. The third-order valence-corrected chi connectivity index (χ3v) is 1.50. The first-order valence-corrected chi connectivity index (χ1v) is 3.22. The van der Waals surface area contributed by atoms with Gasteiger partial charge in [0.1, 0.15) is 0 Å². The van der Waals surface area contributed by atoms with Crippen molar-refractivity contribution in [2.24, 2.45) is 0 Å². The van der Waals surface area contributed by atoms with Crippen molar-refractivity contribution in [1.29, 1.82) is 0 Å². The Morgan fingerprint density at radius 2 is 2.50 bits per heavy atom. The fraction of sp³-hybridized carbons (Fsp3) is 0.571. The van der Waals surface area contributed by atoms with Gasteiger partial charge in [-0.2, -0.15) is 0 Å². The lowest BCUT2D eigenvalue weighted by Gasteiger charge is -1.99. The van der Waals surface area contributed by atoms with E-state index < -0.39 is 0 Å². The van der Waals surface area contributed by atoms with Crippen LogP contribution in [0.2, 0.25) is 0 Å². The minimum absolute atomic E-state index is 0.210. The normalized spacial score (nSPS) is 21.9. The van der Waals surface area contributed by atoms with Crippen LogP contribution < -0.4 is 5.32 Å². The molecule has 0 radical (unpaired) electrons. The smallest absolute Gasteiger partial charge is 0.309 e. The Morgan fingerprint density at radius 1 is 1.90 bits per heavy atom. The van der Waals surface area contributed by atoms with E-state index in [0.717, 1.165) is 12.1 Å². The third-order valence-electron chi connectivity index (χ3n) is 1.50. The van der Waals surface area contributed by atoms with Gasteiger partial charge in [0.15, 0.2) is 0 Å². The Bertz CT molecular complexity index is 161. The van der Waals surface area contributed by atoms with Crippen LogP contribution >= 0.6 is 0 Å². The highest BCUT2D eigenvalue weighted by molar-refractivity contribution is 5.72. The van der Waals surface area contributed by atoms with Crippen molar-refractivity contribution in [3.63, 3.8) is 0 Å². The number of carbonyl (C=O) groups is 1. The van der Waals surface area contributed by atoms with Crippen molar-refractivity contribution in [3.05, 3.63) is 12.2 Å². The van der Waals surface area contributed by atoms with E-state index in [1.54, 1.807) is 0 Å². The van der Waals surface area contributed by atoms with Crippen LogP contribution in [0, 0.1) is 0 Å². The first-order valence-electron chi connectivity index (χ1n) is 3.22. The summed E-state index contributed by atoms with van der Waals surface area (Å²) in [4.78, 5) is 10.6. The first-order chi connectivity index (χ1) is 4.74. The molecule has 0 bridgehead atoms. The quantitative estimate of drug-likeness (QED) is 0.344. The zero-order valence-corrected chi connectivity index (χ0v) is 6.02. The Labute approximate surface area is 60.1 Å². The fourth-order valence-corrected chi connectivity index (χ4v) is 0.728. The van der Waals surface area contributed by atoms with Gasteiger partial charge in [-0.15, -0.1) is 0 Å². The van der Waals surface area contributed by atoms with Gasteiger partial charge >= 0.3 is 5.97 Å². The number of methoxy groups -OCH3 is 1. The van der Waals surface area contributed by atoms with Crippen LogP contribution in [-0.2, 0) is 9.53 Å². The average Bonchev–Trinajstić information content (AvgIpc) is 2.68. The van der Waals surface area contributed by atoms with E-state index in [1.807, 2.05) is 0 Å². The second-order valence-electron chi connectivity index (χ2n) is 2.37. The van der Waals surface area contributed by atoms with Crippen molar-refractivity contribution in [2.75, 3.05) is 13.7 Å². The van der Waals surface area contributed by atoms with Gasteiger partial charge in [0, 0.05) is 12.6 Å². The Morgan fingerprint density at radius 3 is 2.90 bits per heavy atom. The maximum absolute atomic E-state index is 10.6. The van der Waals surface area contributed by atoms with Gasteiger partial charge < -0.3 is 10.1 Å². The number of hydrogen-bond acceptors (Lipinski definition) is 3. The molecule has 1 atom stereocenters. The molecule has 0 saturated carbocycles. The second kappa shape index (κ2) is 2.84. The molecule has 1 fully saturated rings. The molecule has 56 valence electrons. The van der Waals surface area contributed by atoms with Crippen LogP contribution in [0.15, 0.2) is 12.2 Å². The van der Waals surface area contributed by atoms with E-state index in [-0.39, 0.29) is 5.97 Å². The van der Waals surface area contributed by atoms with Crippen LogP contribution in [0.4, 0.5) is 0 Å². The molecule has 0 amide bonds. The second-order valence-corrected chi connectivity index (χ2v) is 2.37. The molecule has 0 spiro atoms. The standard InChI is InChI=1S/C7H11NO2/c1-5(6-4-8-6)3-7(9)10-2/h6,8H,1,3-4H2,2H3. The molecule has 1 saturated heterocycles. The van der Waals surface area contributed by atoms with Gasteiger partial charge in [0.05, 0.1) is 13.5 Å². The summed E-state index contributed by atoms with van der Waals surface area (Å²) in [6.45, 7) is 4.70. The summed E-state index contributed by atoms with van der Waals surface area (Å²) in [5.41, 5.74) is 0.923. The largest absolute Gasteiger partial charge is 0.469 e. The molecule has 0 aromatic heterocycles. The molecule has 0 aromatic rings. The van der Waals surface area contributed by atoms with Gasteiger partial charge in [-0.1, -0.05) is 6.58 Å². The fourth-order valence-electron chi connectivity index (χ4n) is 0.728. The highest BCUT2D eigenvalue weighted by atomic mass is 16.5. The van der Waals surface area contributed by atoms with E-state index in [1.165, 1.54) is 7.11 Å². The van der Waals surface area contributed by atoms with E-state index >= 15 is 0 Å². The minimum atomic E-state index is -0.210. The molecule has 1 heterocycles. The summed E-state index contributed by atoms with van der Waals surface area (Å²) in [5.74, 6) is -0.210. The van der Waals surface area contributed by atoms with Gasteiger partial charge in [0.25, 0.3) is 0 Å². The molecular formula is C7H11NO2. The summed E-state index contributed by atoms with van der Waals surface area (Å²) in [5, 5.41) is 3.06. The number of esters is 1. The number of carbonyl (C=O) groups excluding carboxylic acids is 1.